The zero-order valence-electron chi connectivity index (χ0n) is 18.2. The smallest absolute Gasteiger partial charge is 0.129 e. The van der Waals surface area contributed by atoms with E-state index in [2.05, 4.69) is 67.4 Å². The number of fused-ring (bicyclic) bond motifs is 1. The van der Waals surface area contributed by atoms with E-state index < -0.39 is 0 Å². The lowest BCUT2D eigenvalue weighted by Crippen LogP contribution is -2.36. The van der Waals surface area contributed by atoms with Crippen molar-refractivity contribution in [3.05, 3.63) is 48.3 Å². The topological polar surface area (TPSA) is 50.1 Å². The third-order valence-electron chi connectivity index (χ3n) is 7.14. The highest BCUT2D eigenvalue weighted by atomic mass is 15.4. The van der Waals surface area contributed by atoms with Crippen LogP contribution in [0.2, 0.25) is 0 Å². The van der Waals surface area contributed by atoms with Crippen LogP contribution in [0.15, 0.2) is 42.6 Å². The zero-order chi connectivity index (χ0) is 20.6. The minimum atomic E-state index is 0.493. The van der Waals surface area contributed by atoms with Crippen LogP contribution in [0.1, 0.15) is 50.3 Å². The summed E-state index contributed by atoms with van der Waals surface area (Å²) in [5.74, 6) is 2.82. The number of para-hydroxylation sites is 1. The summed E-state index contributed by atoms with van der Waals surface area (Å²) >= 11 is 0. The Balaban J connectivity index is 1.14. The Morgan fingerprint density at radius 3 is 2.52 bits per heavy atom. The first-order valence-corrected chi connectivity index (χ1v) is 12.0. The van der Waals surface area contributed by atoms with Crippen molar-refractivity contribution in [1.29, 1.82) is 0 Å². The Morgan fingerprint density at radius 2 is 1.71 bits per heavy atom. The minimum absolute atomic E-state index is 0.493. The van der Waals surface area contributed by atoms with Gasteiger partial charge in [0, 0.05) is 31.6 Å². The van der Waals surface area contributed by atoms with E-state index in [1.165, 1.54) is 63.5 Å². The molecule has 1 aliphatic heterocycles. The predicted molar refractivity (Wildman–Crippen MR) is 123 cm³/mol. The number of pyridine rings is 1. The highest BCUT2D eigenvalue weighted by molar-refractivity contribution is 5.80. The number of aromatic nitrogens is 4. The van der Waals surface area contributed by atoms with Crippen molar-refractivity contribution < 1.29 is 0 Å². The molecular formula is C25H32N6. The van der Waals surface area contributed by atoms with Crippen molar-refractivity contribution in [2.24, 2.45) is 11.8 Å². The lowest BCUT2D eigenvalue weighted by atomic mass is 10.1. The van der Waals surface area contributed by atoms with Crippen LogP contribution >= 0.6 is 0 Å². The van der Waals surface area contributed by atoms with Crippen LogP contribution in [0.4, 0.5) is 5.82 Å². The molecule has 0 atom stereocenters. The van der Waals surface area contributed by atoms with Crippen LogP contribution in [0, 0.1) is 11.8 Å². The molecule has 2 aromatic heterocycles. The molecule has 162 valence electrons. The van der Waals surface area contributed by atoms with Gasteiger partial charge in [-0.3, -0.25) is 0 Å². The fraction of sp³-hybridized carbons (Fsp3) is 0.560. The predicted octanol–water partition coefficient (Wildman–Crippen LogP) is 4.29. The summed E-state index contributed by atoms with van der Waals surface area (Å²) < 4.78 is 2.13. The number of rotatable bonds is 8. The van der Waals surface area contributed by atoms with Gasteiger partial charge in [-0.15, -0.1) is 5.10 Å². The highest BCUT2D eigenvalue weighted by Crippen LogP contribution is 2.33. The molecule has 0 amide bonds. The van der Waals surface area contributed by atoms with Gasteiger partial charge in [0.15, 0.2) is 0 Å². The molecular weight excluding hydrogens is 384 g/mol. The fourth-order valence-corrected chi connectivity index (χ4v) is 4.87. The maximum atomic E-state index is 4.95. The summed E-state index contributed by atoms with van der Waals surface area (Å²) in [5, 5.41) is 10.3. The van der Waals surface area contributed by atoms with Gasteiger partial charge in [0.25, 0.3) is 0 Å². The van der Waals surface area contributed by atoms with E-state index in [1.807, 2.05) is 0 Å². The maximum absolute atomic E-state index is 4.95. The van der Waals surface area contributed by atoms with Gasteiger partial charge in [0.2, 0.25) is 0 Å². The standard InChI is InChI=1S/C25H32N6/c1-2-4-24-21(3-1)9-10-25(26-24)30(16-20-7-8-20)17-22-18-31(28-27-22)23-11-13-29(14-12-23)15-19-5-6-19/h1-4,9-10,18-20,23H,5-8,11-17H2. The third-order valence-corrected chi connectivity index (χ3v) is 7.14. The summed E-state index contributed by atoms with van der Waals surface area (Å²) in [6, 6.07) is 13.2. The Hall–Kier alpha value is -2.47. The Morgan fingerprint density at radius 1 is 0.903 bits per heavy atom. The number of piperidine rings is 1. The van der Waals surface area contributed by atoms with Crippen LogP contribution in [0.5, 0.6) is 0 Å². The molecule has 0 N–H and O–H groups in total. The maximum Gasteiger partial charge on any atom is 0.129 e. The van der Waals surface area contributed by atoms with Gasteiger partial charge in [-0.2, -0.15) is 0 Å². The largest absolute Gasteiger partial charge is 0.350 e. The van der Waals surface area contributed by atoms with Crippen molar-refractivity contribution in [3.8, 4) is 0 Å². The van der Waals surface area contributed by atoms with Gasteiger partial charge in [0.05, 0.1) is 24.3 Å². The second-order valence-electron chi connectivity index (χ2n) is 9.85. The van der Waals surface area contributed by atoms with Crippen molar-refractivity contribution in [2.75, 3.05) is 31.1 Å². The normalized spacial score (nSPS) is 20.4. The lowest BCUT2D eigenvalue weighted by Gasteiger charge is -2.31. The molecule has 3 heterocycles. The summed E-state index contributed by atoms with van der Waals surface area (Å²) in [4.78, 5) is 10.00. The van der Waals surface area contributed by atoms with Crippen LogP contribution in [-0.4, -0.2) is 51.1 Å². The van der Waals surface area contributed by atoms with Crippen LogP contribution in [-0.2, 0) is 6.54 Å². The zero-order valence-corrected chi connectivity index (χ0v) is 18.2. The first-order chi connectivity index (χ1) is 15.3. The summed E-state index contributed by atoms with van der Waals surface area (Å²) in [6.07, 6.45) is 10.1. The SMILES string of the molecule is c1ccc2nc(N(Cc3cn(C4CCN(CC5CC5)CC4)nn3)CC3CC3)ccc2c1. The number of likely N-dealkylation sites (tertiary alicyclic amines) is 1. The average molecular weight is 417 g/mol. The summed E-state index contributed by atoms with van der Waals surface area (Å²) in [5.41, 5.74) is 2.11. The Labute approximate surface area is 184 Å². The van der Waals surface area contributed by atoms with Crippen molar-refractivity contribution >= 4 is 16.7 Å². The van der Waals surface area contributed by atoms with E-state index in [0.717, 1.165) is 42.0 Å². The monoisotopic (exact) mass is 416 g/mol. The second-order valence-corrected chi connectivity index (χ2v) is 9.85. The van der Waals surface area contributed by atoms with Gasteiger partial charge < -0.3 is 9.80 Å². The number of hydrogen-bond donors (Lipinski definition) is 0. The first-order valence-electron chi connectivity index (χ1n) is 12.0. The number of hydrogen-bond acceptors (Lipinski definition) is 5. The number of anilines is 1. The molecule has 0 unspecified atom stereocenters. The molecule has 0 spiro atoms. The Kier molecular flexibility index (Phi) is 5.10. The molecule has 3 fully saturated rings. The van der Waals surface area contributed by atoms with E-state index in [1.54, 1.807) is 0 Å². The summed E-state index contributed by atoms with van der Waals surface area (Å²) in [7, 11) is 0. The van der Waals surface area contributed by atoms with Crippen molar-refractivity contribution in [3.63, 3.8) is 0 Å². The lowest BCUT2D eigenvalue weighted by molar-refractivity contribution is 0.173. The first kappa shape index (κ1) is 19.2. The Bertz CT molecular complexity index is 1030. The molecule has 6 heteroatoms. The molecule has 6 rings (SSSR count). The summed E-state index contributed by atoms with van der Waals surface area (Å²) in [6.45, 7) is 5.54. The quantitative estimate of drug-likeness (QED) is 0.548. The van der Waals surface area contributed by atoms with E-state index in [4.69, 9.17) is 4.98 Å². The van der Waals surface area contributed by atoms with Crippen LogP contribution in [0.25, 0.3) is 10.9 Å². The second kappa shape index (κ2) is 8.23. The van der Waals surface area contributed by atoms with E-state index in [-0.39, 0.29) is 0 Å². The highest BCUT2D eigenvalue weighted by Gasteiger charge is 2.29. The molecule has 3 aromatic rings. The van der Waals surface area contributed by atoms with Gasteiger partial charge in [-0.25, -0.2) is 9.67 Å². The van der Waals surface area contributed by atoms with E-state index >= 15 is 0 Å². The molecule has 2 saturated carbocycles. The fourth-order valence-electron chi connectivity index (χ4n) is 4.87. The molecule has 1 saturated heterocycles. The molecule has 1 aromatic carbocycles. The molecule has 6 nitrogen and oxygen atoms in total. The number of nitrogens with zero attached hydrogens (tertiary/aromatic N) is 6. The third kappa shape index (κ3) is 4.59. The van der Waals surface area contributed by atoms with E-state index in [0.29, 0.717) is 6.04 Å². The molecule has 3 aliphatic rings. The van der Waals surface area contributed by atoms with Gasteiger partial charge in [-0.1, -0.05) is 23.4 Å². The average Bonchev–Trinajstić information content (AvgIpc) is 3.74. The van der Waals surface area contributed by atoms with E-state index in [9.17, 15) is 0 Å². The van der Waals surface area contributed by atoms with Crippen LogP contribution in [0.3, 0.4) is 0 Å². The molecule has 31 heavy (non-hydrogen) atoms. The minimum Gasteiger partial charge on any atom is -0.350 e. The van der Waals surface area contributed by atoms with Gasteiger partial charge in [0.1, 0.15) is 11.5 Å². The van der Waals surface area contributed by atoms with Gasteiger partial charge >= 0.3 is 0 Å². The molecule has 2 aliphatic carbocycles. The molecule has 0 bridgehead atoms. The molecule has 0 radical (unpaired) electrons. The van der Waals surface area contributed by atoms with Gasteiger partial charge in [-0.05, 0) is 68.6 Å². The van der Waals surface area contributed by atoms with Crippen molar-refractivity contribution in [1.82, 2.24) is 24.9 Å². The number of benzene rings is 1. The van der Waals surface area contributed by atoms with Crippen molar-refractivity contribution in [2.45, 2.75) is 51.1 Å². The van der Waals surface area contributed by atoms with Crippen LogP contribution < -0.4 is 4.90 Å².